The number of carbonyl (C=O) groups is 2. The molecule has 0 unspecified atom stereocenters. The van der Waals surface area contributed by atoms with Gasteiger partial charge >= 0.3 is 12.0 Å². The van der Waals surface area contributed by atoms with Crippen molar-refractivity contribution < 1.29 is 14.7 Å². The number of carboxylic acid groups (broad SMARTS) is 1. The van der Waals surface area contributed by atoms with Gasteiger partial charge < -0.3 is 20.2 Å². The summed E-state index contributed by atoms with van der Waals surface area (Å²) in [6, 6.07) is 8.97. The van der Waals surface area contributed by atoms with E-state index in [0.29, 0.717) is 25.9 Å². The van der Waals surface area contributed by atoms with Crippen LogP contribution in [-0.2, 0) is 10.2 Å². The van der Waals surface area contributed by atoms with Gasteiger partial charge in [-0.15, -0.1) is 0 Å². The van der Waals surface area contributed by atoms with Crippen LogP contribution in [0.2, 0.25) is 0 Å². The predicted molar refractivity (Wildman–Crippen MR) is 111 cm³/mol. The Bertz CT molecular complexity index is 680. The third-order valence-corrected chi connectivity index (χ3v) is 6.05. The maximum atomic E-state index is 12.5. The normalized spacial score (nSPS) is 19.5. The molecular formula is C22H33N3O3. The average molecular weight is 388 g/mol. The molecule has 28 heavy (non-hydrogen) atoms. The van der Waals surface area contributed by atoms with Crippen LogP contribution in [0.3, 0.4) is 0 Å². The lowest BCUT2D eigenvalue weighted by Crippen LogP contribution is -2.51. The van der Waals surface area contributed by atoms with Gasteiger partial charge in [0.05, 0.1) is 5.92 Å². The largest absolute Gasteiger partial charge is 0.481 e. The van der Waals surface area contributed by atoms with E-state index in [1.54, 1.807) is 4.90 Å². The number of hydrogen-bond acceptors (Lipinski definition) is 3. The van der Waals surface area contributed by atoms with Gasteiger partial charge in [-0.1, -0.05) is 32.9 Å². The number of nitrogens with one attached hydrogen (secondary N) is 1. The summed E-state index contributed by atoms with van der Waals surface area (Å²) in [5, 5.41) is 12.2. The third kappa shape index (κ3) is 4.97. The number of hydrogen-bond donors (Lipinski definition) is 2. The van der Waals surface area contributed by atoms with Gasteiger partial charge in [0.15, 0.2) is 0 Å². The van der Waals surface area contributed by atoms with Crippen LogP contribution in [0.1, 0.15) is 52.0 Å². The first-order chi connectivity index (χ1) is 13.2. The number of rotatable bonds is 3. The van der Waals surface area contributed by atoms with Gasteiger partial charge in [0.2, 0.25) is 0 Å². The molecule has 2 aliphatic heterocycles. The van der Waals surface area contributed by atoms with Gasteiger partial charge in [-0.05, 0) is 48.8 Å². The molecule has 154 valence electrons. The summed E-state index contributed by atoms with van der Waals surface area (Å²) in [5.74, 6) is -1.06. The van der Waals surface area contributed by atoms with E-state index >= 15 is 0 Å². The minimum absolute atomic E-state index is 0.0446. The highest BCUT2D eigenvalue weighted by Crippen LogP contribution is 2.26. The van der Waals surface area contributed by atoms with Crippen LogP contribution in [0.5, 0.6) is 0 Å². The van der Waals surface area contributed by atoms with Crippen LogP contribution in [0.4, 0.5) is 10.5 Å². The number of amides is 2. The van der Waals surface area contributed by atoms with Crippen LogP contribution < -0.4 is 10.2 Å². The maximum Gasteiger partial charge on any atom is 0.317 e. The molecule has 0 bridgehead atoms. The van der Waals surface area contributed by atoms with Crippen molar-refractivity contribution in [1.29, 1.82) is 0 Å². The molecule has 0 atom stereocenters. The quantitative estimate of drug-likeness (QED) is 0.833. The van der Waals surface area contributed by atoms with Gasteiger partial charge in [-0.3, -0.25) is 4.79 Å². The highest BCUT2D eigenvalue weighted by Gasteiger charge is 2.29. The molecule has 0 radical (unpaired) electrons. The van der Waals surface area contributed by atoms with E-state index < -0.39 is 5.97 Å². The van der Waals surface area contributed by atoms with Crippen LogP contribution in [0.25, 0.3) is 0 Å². The molecule has 0 spiro atoms. The number of benzene rings is 1. The number of likely N-dealkylation sites (tertiary alicyclic amines) is 1. The summed E-state index contributed by atoms with van der Waals surface area (Å²) in [6.07, 6.45) is 2.95. The van der Waals surface area contributed by atoms with Crippen molar-refractivity contribution in [2.75, 3.05) is 31.1 Å². The number of aliphatic carboxylic acids is 1. The molecule has 2 heterocycles. The van der Waals surface area contributed by atoms with Gasteiger partial charge in [0.25, 0.3) is 0 Å². The van der Waals surface area contributed by atoms with Crippen LogP contribution in [-0.4, -0.2) is 54.2 Å². The molecule has 1 aromatic rings. The molecule has 2 aliphatic rings. The first kappa shape index (κ1) is 20.5. The average Bonchev–Trinajstić information content (AvgIpc) is 2.68. The van der Waals surface area contributed by atoms with Crippen molar-refractivity contribution in [3.05, 3.63) is 29.8 Å². The first-order valence-electron chi connectivity index (χ1n) is 10.4. The van der Waals surface area contributed by atoms with E-state index in [9.17, 15) is 9.59 Å². The van der Waals surface area contributed by atoms with Gasteiger partial charge in [-0.25, -0.2) is 4.79 Å². The van der Waals surface area contributed by atoms with Gasteiger partial charge in [0, 0.05) is 37.9 Å². The van der Waals surface area contributed by atoms with E-state index in [-0.39, 0.29) is 23.4 Å². The Morgan fingerprint density at radius 3 is 2.04 bits per heavy atom. The summed E-state index contributed by atoms with van der Waals surface area (Å²) in [7, 11) is 0. The Hall–Kier alpha value is -2.24. The summed E-state index contributed by atoms with van der Waals surface area (Å²) < 4.78 is 0. The van der Waals surface area contributed by atoms with E-state index in [0.717, 1.165) is 25.9 Å². The standard InChI is InChI=1S/C22H33N3O3/c1-22(2,3)17-4-6-19(7-5-17)24-14-10-18(11-15-24)23-21(28)25-12-8-16(9-13-25)20(26)27/h4-7,16,18H,8-15H2,1-3H3,(H,23,28)(H,26,27). The molecule has 0 aromatic heterocycles. The first-order valence-corrected chi connectivity index (χ1v) is 10.4. The Morgan fingerprint density at radius 1 is 0.964 bits per heavy atom. The van der Waals surface area contributed by atoms with Crippen molar-refractivity contribution in [2.24, 2.45) is 5.92 Å². The monoisotopic (exact) mass is 387 g/mol. The number of anilines is 1. The maximum absolute atomic E-state index is 12.5. The van der Waals surface area contributed by atoms with Crippen molar-refractivity contribution in [1.82, 2.24) is 10.2 Å². The molecule has 2 N–H and O–H groups in total. The Labute approximate surface area is 167 Å². The Morgan fingerprint density at radius 2 is 1.54 bits per heavy atom. The molecule has 2 saturated heterocycles. The van der Waals surface area contributed by atoms with E-state index in [1.165, 1.54) is 11.3 Å². The van der Waals surface area contributed by atoms with Crippen LogP contribution >= 0.6 is 0 Å². The lowest BCUT2D eigenvalue weighted by molar-refractivity contribution is -0.143. The van der Waals surface area contributed by atoms with E-state index in [2.05, 4.69) is 55.3 Å². The highest BCUT2D eigenvalue weighted by molar-refractivity contribution is 5.75. The minimum Gasteiger partial charge on any atom is -0.481 e. The SMILES string of the molecule is CC(C)(C)c1ccc(N2CCC(NC(=O)N3CCC(C(=O)O)CC3)CC2)cc1. The zero-order chi connectivity index (χ0) is 20.3. The number of nitrogens with zero attached hydrogens (tertiary/aromatic N) is 2. The van der Waals surface area contributed by atoms with Crippen molar-refractivity contribution in [3.63, 3.8) is 0 Å². The molecular weight excluding hydrogens is 354 g/mol. The summed E-state index contributed by atoms with van der Waals surface area (Å²) >= 11 is 0. The number of piperidine rings is 2. The second kappa shape index (κ2) is 8.41. The third-order valence-electron chi connectivity index (χ3n) is 6.05. The predicted octanol–water partition coefficient (Wildman–Crippen LogP) is 3.46. The summed E-state index contributed by atoms with van der Waals surface area (Å²) in [5.41, 5.74) is 2.74. The molecule has 6 nitrogen and oxygen atoms in total. The van der Waals surface area contributed by atoms with E-state index in [4.69, 9.17) is 5.11 Å². The second-order valence-corrected chi connectivity index (χ2v) is 9.11. The number of carboxylic acids is 1. The summed E-state index contributed by atoms with van der Waals surface area (Å²) in [6.45, 7) is 9.59. The highest BCUT2D eigenvalue weighted by atomic mass is 16.4. The topological polar surface area (TPSA) is 72.9 Å². The second-order valence-electron chi connectivity index (χ2n) is 9.11. The van der Waals surface area contributed by atoms with Crippen LogP contribution in [0.15, 0.2) is 24.3 Å². The zero-order valence-electron chi connectivity index (χ0n) is 17.3. The van der Waals surface area contributed by atoms with Crippen molar-refractivity contribution >= 4 is 17.7 Å². The summed E-state index contributed by atoms with van der Waals surface area (Å²) in [4.78, 5) is 27.7. The van der Waals surface area contributed by atoms with Crippen molar-refractivity contribution in [2.45, 2.75) is 57.9 Å². The fourth-order valence-corrected chi connectivity index (χ4v) is 4.05. The van der Waals surface area contributed by atoms with Gasteiger partial charge in [-0.2, -0.15) is 0 Å². The minimum atomic E-state index is -0.747. The molecule has 2 amide bonds. The van der Waals surface area contributed by atoms with Gasteiger partial charge in [0.1, 0.15) is 0 Å². The molecule has 0 aliphatic carbocycles. The lowest BCUT2D eigenvalue weighted by Gasteiger charge is -2.36. The molecule has 0 saturated carbocycles. The van der Waals surface area contributed by atoms with Crippen LogP contribution in [0, 0.1) is 5.92 Å². The number of carbonyl (C=O) groups excluding carboxylic acids is 1. The molecule has 2 fully saturated rings. The van der Waals surface area contributed by atoms with E-state index in [1.807, 2.05) is 0 Å². The lowest BCUT2D eigenvalue weighted by atomic mass is 9.87. The molecule has 3 rings (SSSR count). The Balaban J connectivity index is 1.45. The molecule has 6 heteroatoms. The zero-order valence-corrected chi connectivity index (χ0v) is 17.3. The fraction of sp³-hybridized carbons (Fsp3) is 0.636. The number of urea groups is 1. The Kier molecular flexibility index (Phi) is 6.16. The van der Waals surface area contributed by atoms with Crippen molar-refractivity contribution in [3.8, 4) is 0 Å². The fourth-order valence-electron chi connectivity index (χ4n) is 4.05. The molecule has 1 aromatic carbocycles. The smallest absolute Gasteiger partial charge is 0.317 e.